The van der Waals surface area contributed by atoms with Crippen LogP contribution in [0.5, 0.6) is 17.2 Å². The summed E-state index contributed by atoms with van der Waals surface area (Å²) < 4.78 is 18.2. The molecule has 0 bridgehead atoms. The minimum Gasteiger partial charge on any atom is -0.493 e. The van der Waals surface area contributed by atoms with Gasteiger partial charge in [0.1, 0.15) is 18.5 Å². The van der Waals surface area contributed by atoms with E-state index in [1.165, 1.54) is 16.7 Å². The zero-order valence-corrected chi connectivity index (χ0v) is 17.8. The summed E-state index contributed by atoms with van der Waals surface area (Å²) in [5.74, 6) is 2.78. The highest BCUT2D eigenvalue weighted by atomic mass is 16.6. The lowest BCUT2D eigenvalue weighted by Crippen LogP contribution is -2.35. The van der Waals surface area contributed by atoms with Crippen LogP contribution < -0.4 is 14.2 Å². The molecular formula is C25H32O3. The molecule has 0 aromatic heterocycles. The van der Waals surface area contributed by atoms with Crippen molar-refractivity contribution < 1.29 is 14.2 Å². The average Bonchev–Trinajstić information content (AvgIpc) is 2.66. The number of benzene rings is 2. The molecule has 0 aliphatic carbocycles. The zero-order valence-electron chi connectivity index (χ0n) is 17.8. The molecule has 2 aromatic rings. The van der Waals surface area contributed by atoms with Crippen LogP contribution in [0, 0.1) is 0 Å². The smallest absolute Gasteiger partial charge is 0.162 e. The predicted molar refractivity (Wildman–Crippen MR) is 113 cm³/mol. The molecule has 2 aromatic carbocycles. The van der Waals surface area contributed by atoms with Crippen molar-refractivity contribution in [2.45, 2.75) is 70.8 Å². The highest BCUT2D eigenvalue weighted by molar-refractivity contribution is 5.46. The Morgan fingerprint density at radius 1 is 0.857 bits per heavy atom. The first-order valence-corrected chi connectivity index (χ1v) is 10.4. The molecule has 0 fully saturated rings. The summed E-state index contributed by atoms with van der Waals surface area (Å²) in [7, 11) is 0. The van der Waals surface area contributed by atoms with Gasteiger partial charge < -0.3 is 14.2 Å². The van der Waals surface area contributed by atoms with Gasteiger partial charge in [0.2, 0.25) is 0 Å². The number of rotatable bonds is 3. The Hall–Kier alpha value is -2.16. The number of fused-ring (bicyclic) bond motifs is 2. The lowest BCUT2D eigenvalue weighted by atomic mass is 9.78. The Bertz CT molecular complexity index is 861. The summed E-state index contributed by atoms with van der Waals surface area (Å²) in [6, 6.07) is 13.0. The van der Waals surface area contributed by atoms with E-state index in [2.05, 4.69) is 65.0 Å². The normalized spacial score (nSPS) is 19.0. The van der Waals surface area contributed by atoms with E-state index in [4.69, 9.17) is 14.2 Å². The quantitative estimate of drug-likeness (QED) is 0.672. The van der Waals surface area contributed by atoms with Crippen molar-refractivity contribution in [1.29, 1.82) is 0 Å². The fraction of sp³-hybridized carbons (Fsp3) is 0.520. The molecule has 3 heteroatoms. The van der Waals surface area contributed by atoms with Crippen LogP contribution in [0.2, 0.25) is 0 Å². The molecule has 28 heavy (non-hydrogen) atoms. The van der Waals surface area contributed by atoms with Crippen molar-refractivity contribution in [2.75, 3.05) is 13.2 Å². The van der Waals surface area contributed by atoms with E-state index in [0.717, 1.165) is 43.1 Å². The first-order chi connectivity index (χ1) is 13.2. The van der Waals surface area contributed by atoms with Crippen LogP contribution in [0.4, 0.5) is 0 Å². The number of ether oxygens (including phenoxy) is 3. The van der Waals surface area contributed by atoms with Gasteiger partial charge in [-0.1, -0.05) is 52.8 Å². The molecule has 2 aliphatic rings. The number of aryl methyl sites for hydroxylation is 1. The van der Waals surface area contributed by atoms with Gasteiger partial charge >= 0.3 is 0 Å². The van der Waals surface area contributed by atoms with Crippen LogP contribution in [-0.4, -0.2) is 19.3 Å². The van der Waals surface area contributed by atoms with Gasteiger partial charge in [-0.3, -0.25) is 0 Å². The van der Waals surface area contributed by atoms with Gasteiger partial charge in [-0.2, -0.15) is 0 Å². The van der Waals surface area contributed by atoms with Crippen LogP contribution in [0.3, 0.4) is 0 Å². The third-order valence-corrected chi connectivity index (χ3v) is 5.96. The molecule has 1 unspecified atom stereocenters. The minimum absolute atomic E-state index is 0.000353. The molecule has 0 N–H and O–H groups in total. The summed E-state index contributed by atoms with van der Waals surface area (Å²) in [5, 5.41) is 0. The molecule has 150 valence electrons. The summed E-state index contributed by atoms with van der Waals surface area (Å²) in [6.45, 7) is 12.7. The van der Waals surface area contributed by atoms with E-state index in [0.29, 0.717) is 6.61 Å². The van der Waals surface area contributed by atoms with Gasteiger partial charge in [-0.15, -0.1) is 0 Å². The fourth-order valence-electron chi connectivity index (χ4n) is 4.15. The second-order valence-electron chi connectivity index (χ2n) is 9.82. The Morgan fingerprint density at radius 3 is 2.39 bits per heavy atom. The van der Waals surface area contributed by atoms with E-state index in [-0.39, 0.29) is 16.9 Å². The topological polar surface area (TPSA) is 27.7 Å². The van der Waals surface area contributed by atoms with Crippen molar-refractivity contribution >= 4 is 0 Å². The molecule has 0 spiro atoms. The molecule has 0 saturated heterocycles. The maximum atomic E-state index is 6.39. The maximum absolute atomic E-state index is 6.39. The van der Waals surface area contributed by atoms with E-state index >= 15 is 0 Å². The van der Waals surface area contributed by atoms with Crippen LogP contribution in [0.25, 0.3) is 0 Å². The lowest BCUT2D eigenvalue weighted by Gasteiger charge is -2.34. The van der Waals surface area contributed by atoms with Crippen molar-refractivity contribution in [3.63, 3.8) is 0 Å². The van der Waals surface area contributed by atoms with Crippen LogP contribution in [-0.2, 0) is 17.3 Å². The maximum Gasteiger partial charge on any atom is 0.162 e. The van der Waals surface area contributed by atoms with E-state index in [9.17, 15) is 0 Å². The third kappa shape index (κ3) is 3.85. The van der Waals surface area contributed by atoms with Gasteiger partial charge in [-0.25, -0.2) is 0 Å². The van der Waals surface area contributed by atoms with Crippen molar-refractivity contribution in [3.05, 3.63) is 53.1 Å². The predicted octanol–water partition coefficient (Wildman–Crippen LogP) is 5.82. The van der Waals surface area contributed by atoms with E-state index < -0.39 is 0 Å². The highest BCUT2D eigenvalue weighted by Crippen LogP contribution is 2.39. The van der Waals surface area contributed by atoms with Gasteiger partial charge in [0.25, 0.3) is 0 Å². The van der Waals surface area contributed by atoms with Gasteiger partial charge in [0.15, 0.2) is 11.5 Å². The molecule has 3 nitrogen and oxygen atoms in total. The van der Waals surface area contributed by atoms with Crippen molar-refractivity contribution in [1.82, 2.24) is 0 Å². The standard InChI is InChI=1S/C25H32O3/c1-24(2,3)18-8-11-22-23(14-18)28-20(16-27-22)15-25(4,5)19-9-10-21-17(13-19)7-6-12-26-21/h8-11,13-14,20H,6-7,12,15-16H2,1-5H3. The molecule has 0 radical (unpaired) electrons. The first kappa shape index (κ1) is 19.2. The van der Waals surface area contributed by atoms with Gasteiger partial charge in [0.05, 0.1) is 6.61 Å². The summed E-state index contributed by atoms with van der Waals surface area (Å²) >= 11 is 0. The molecule has 0 saturated carbocycles. The molecule has 1 atom stereocenters. The largest absolute Gasteiger partial charge is 0.493 e. The summed E-state index contributed by atoms with van der Waals surface area (Å²) in [6.07, 6.45) is 3.16. The van der Waals surface area contributed by atoms with E-state index in [1.54, 1.807) is 0 Å². The monoisotopic (exact) mass is 380 g/mol. The lowest BCUT2D eigenvalue weighted by molar-refractivity contribution is 0.0700. The molecule has 2 heterocycles. The third-order valence-electron chi connectivity index (χ3n) is 5.96. The molecule has 2 aliphatic heterocycles. The van der Waals surface area contributed by atoms with Crippen LogP contribution >= 0.6 is 0 Å². The summed E-state index contributed by atoms with van der Waals surface area (Å²) in [4.78, 5) is 0. The average molecular weight is 381 g/mol. The second-order valence-corrected chi connectivity index (χ2v) is 9.82. The van der Waals surface area contributed by atoms with Gasteiger partial charge in [0, 0.05) is 0 Å². The number of hydrogen-bond donors (Lipinski definition) is 0. The van der Waals surface area contributed by atoms with Crippen LogP contribution in [0.15, 0.2) is 36.4 Å². The Labute approximate surface area is 169 Å². The fourth-order valence-corrected chi connectivity index (χ4v) is 4.15. The van der Waals surface area contributed by atoms with Crippen LogP contribution in [0.1, 0.15) is 64.2 Å². The molecule has 0 amide bonds. The SMILES string of the molecule is CC(C)(C)c1ccc2c(c1)OC(CC(C)(C)c1ccc3c(c1)CCCO3)CO2. The molecular weight excluding hydrogens is 348 g/mol. The Kier molecular flexibility index (Phi) is 4.81. The van der Waals surface area contributed by atoms with Gasteiger partial charge in [-0.05, 0) is 65.0 Å². The number of hydrogen-bond acceptors (Lipinski definition) is 3. The highest BCUT2D eigenvalue weighted by Gasteiger charge is 2.31. The Morgan fingerprint density at radius 2 is 1.61 bits per heavy atom. The minimum atomic E-state index is -0.000353. The van der Waals surface area contributed by atoms with Crippen molar-refractivity contribution in [2.24, 2.45) is 0 Å². The second kappa shape index (κ2) is 7.02. The van der Waals surface area contributed by atoms with Crippen molar-refractivity contribution in [3.8, 4) is 17.2 Å². The zero-order chi connectivity index (χ0) is 19.9. The summed E-state index contributed by atoms with van der Waals surface area (Å²) in [5.41, 5.74) is 4.03. The first-order valence-electron chi connectivity index (χ1n) is 10.4. The molecule has 4 rings (SSSR count). The van der Waals surface area contributed by atoms with E-state index in [1.807, 2.05) is 6.07 Å². The Balaban J connectivity index is 1.51.